The maximum absolute atomic E-state index is 12.8. The van der Waals surface area contributed by atoms with Crippen LogP contribution in [0, 0.1) is 23.2 Å². The van der Waals surface area contributed by atoms with E-state index in [4.69, 9.17) is 9.31 Å². The van der Waals surface area contributed by atoms with Crippen molar-refractivity contribution in [1.82, 2.24) is 10.6 Å². The second-order valence-corrected chi connectivity index (χ2v) is 11.7. The highest BCUT2D eigenvalue weighted by Crippen LogP contribution is 2.61. The Hall–Kier alpha value is -1.79. The Balaban J connectivity index is 1.20. The lowest BCUT2D eigenvalue weighted by atomic mass is 9.47. The van der Waals surface area contributed by atoms with Crippen molar-refractivity contribution in [3.05, 3.63) is 48.2 Å². The van der Waals surface area contributed by atoms with Crippen LogP contribution in [0.3, 0.4) is 0 Å². The van der Waals surface area contributed by atoms with Gasteiger partial charge in [0.15, 0.2) is 0 Å². The lowest BCUT2D eigenvalue weighted by Gasteiger charge is -2.60. The molecule has 1 aromatic rings. The fourth-order valence-corrected chi connectivity index (χ4v) is 6.16. The van der Waals surface area contributed by atoms with Gasteiger partial charge in [-0.1, -0.05) is 64.6 Å². The smallest absolute Gasteiger partial charge is 0.404 e. The average molecular weight is 466 g/mol. The molecule has 0 radical (unpaired) electrons. The summed E-state index contributed by atoms with van der Waals surface area (Å²) in [6.45, 7) is 13.4. The molecule has 3 saturated carbocycles. The predicted molar refractivity (Wildman–Crippen MR) is 138 cm³/mol. The van der Waals surface area contributed by atoms with Crippen LogP contribution in [0.15, 0.2) is 42.6 Å². The SMILES string of the molecule is C=C(CCCCc1ccccc1)NCC(=O)NC(CC(C)C)B1OC2CC3CC(C2O1)C3(C)C. The van der Waals surface area contributed by atoms with Crippen molar-refractivity contribution in [2.75, 3.05) is 6.54 Å². The zero-order valence-corrected chi connectivity index (χ0v) is 21.5. The van der Waals surface area contributed by atoms with Gasteiger partial charge in [0.25, 0.3) is 0 Å². The first-order valence-corrected chi connectivity index (χ1v) is 13.3. The lowest BCUT2D eigenvalue weighted by molar-refractivity contribution is -0.150. The number of allylic oxidation sites excluding steroid dienone is 1. The molecule has 0 spiro atoms. The Labute approximate surface area is 206 Å². The second-order valence-electron chi connectivity index (χ2n) is 11.7. The molecule has 5 unspecified atom stereocenters. The number of rotatable bonds is 12. The van der Waals surface area contributed by atoms with E-state index in [0.29, 0.717) is 17.3 Å². The molecule has 6 heteroatoms. The number of unbranched alkanes of at least 4 members (excludes halogenated alkanes) is 1. The van der Waals surface area contributed by atoms with Gasteiger partial charge >= 0.3 is 7.12 Å². The molecule has 34 heavy (non-hydrogen) atoms. The number of benzene rings is 1. The van der Waals surface area contributed by atoms with E-state index < -0.39 is 0 Å². The van der Waals surface area contributed by atoms with E-state index in [1.54, 1.807) is 0 Å². The van der Waals surface area contributed by atoms with Crippen LogP contribution in [0.4, 0.5) is 0 Å². The van der Waals surface area contributed by atoms with Crippen LogP contribution in [0.5, 0.6) is 0 Å². The summed E-state index contributed by atoms with van der Waals surface area (Å²) >= 11 is 0. The van der Waals surface area contributed by atoms with Gasteiger partial charge in [-0.2, -0.15) is 0 Å². The van der Waals surface area contributed by atoms with E-state index in [9.17, 15) is 4.79 Å². The van der Waals surface area contributed by atoms with Crippen LogP contribution in [0.25, 0.3) is 0 Å². The normalized spacial score (nSPS) is 27.6. The van der Waals surface area contributed by atoms with Crippen LogP contribution in [-0.2, 0) is 20.5 Å². The quantitative estimate of drug-likeness (QED) is 0.340. The van der Waals surface area contributed by atoms with Crippen molar-refractivity contribution < 1.29 is 14.1 Å². The second kappa shape index (κ2) is 10.9. The minimum atomic E-state index is -0.349. The summed E-state index contributed by atoms with van der Waals surface area (Å²) in [5.41, 5.74) is 2.64. The predicted octanol–water partition coefficient (Wildman–Crippen LogP) is 4.91. The molecule has 5 nitrogen and oxygen atoms in total. The molecule has 3 aliphatic carbocycles. The van der Waals surface area contributed by atoms with Gasteiger partial charge in [-0.05, 0) is 73.7 Å². The maximum atomic E-state index is 12.8. The number of nitrogens with one attached hydrogen (secondary N) is 2. The highest BCUT2D eigenvalue weighted by molar-refractivity contribution is 6.47. The Morgan fingerprint density at radius 1 is 1.18 bits per heavy atom. The lowest BCUT2D eigenvalue weighted by Crippen LogP contribution is -2.59. The topological polar surface area (TPSA) is 59.6 Å². The third kappa shape index (κ3) is 5.88. The molecular weight excluding hydrogens is 423 g/mol. The van der Waals surface area contributed by atoms with E-state index in [1.165, 1.54) is 12.0 Å². The summed E-state index contributed by atoms with van der Waals surface area (Å²) in [7, 11) is -0.349. The minimum Gasteiger partial charge on any atom is -0.404 e. The molecule has 0 aromatic heterocycles. The van der Waals surface area contributed by atoms with Crippen LogP contribution >= 0.6 is 0 Å². The molecule has 1 saturated heterocycles. The van der Waals surface area contributed by atoms with Crippen LogP contribution in [0.2, 0.25) is 0 Å². The Bertz CT molecular complexity index is 843. The van der Waals surface area contributed by atoms with Crippen LogP contribution < -0.4 is 10.6 Å². The highest BCUT2D eigenvalue weighted by Gasteiger charge is 2.62. The maximum Gasteiger partial charge on any atom is 0.481 e. The van der Waals surface area contributed by atoms with Gasteiger partial charge in [0.05, 0.1) is 24.7 Å². The van der Waals surface area contributed by atoms with Crippen LogP contribution in [-0.4, -0.2) is 37.7 Å². The number of amides is 1. The van der Waals surface area contributed by atoms with Crippen molar-refractivity contribution in [3.8, 4) is 0 Å². The zero-order valence-electron chi connectivity index (χ0n) is 21.5. The third-order valence-electron chi connectivity index (χ3n) is 8.36. The minimum absolute atomic E-state index is 0.0252. The number of hydrogen-bond donors (Lipinski definition) is 2. The third-order valence-corrected chi connectivity index (χ3v) is 8.36. The molecule has 2 bridgehead atoms. The van der Waals surface area contributed by atoms with Gasteiger partial charge in [0.1, 0.15) is 0 Å². The fourth-order valence-electron chi connectivity index (χ4n) is 6.16. The van der Waals surface area contributed by atoms with Gasteiger partial charge in [-0.25, -0.2) is 0 Å². The summed E-state index contributed by atoms with van der Waals surface area (Å²) in [6, 6.07) is 10.6. The van der Waals surface area contributed by atoms with Crippen LogP contribution in [0.1, 0.15) is 71.8 Å². The molecule has 2 N–H and O–H groups in total. The van der Waals surface area contributed by atoms with E-state index in [-0.39, 0.29) is 37.7 Å². The monoisotopic (exact) mass is 466 g/mol. The van der Waals surface area contributed by atoms with Gasteiger partial charge in [-0.15, -0.1) is 0 Å². The van der Waals surface area contributed by atoms with E-state index in [0.717, 1.165) is 50.1 Å². The molecule has 186 valence electrons. The van der Waals surface area contributed by atoms with Crippen molar-refractivity contribution in [3.63, 3.8) is 0 Å². The fraction of sp³-hybridized carbons (Fsp3) is 0.679. The largest absolute Gasteiger partial charge is 0.481 e. The van der Waals surface area contributed by atoms with Crippen molar-refractivity contribution >= 4 is 13.0 Å². The highest BCUT2D eigenvalue weighted by atomic mass is 16.7. The Morgan fingerprint density at radius 3 is 2.65 bits per heavy atom. The standard InChI is InChI=1S/C28H43BN2O3/c1-19(2)15-25(29-33-24-17-22-16-23(27(24)34-29)28(22,4)5)31-26(32)18-30-20(3)11-9-10-14-21-12-7-6-8-13-21/h6-8,12-13,19,22-25,27,30H,3,9-11,14-18H2,1-2,4-5H3,(H,31,32). The summed E-state index contributed by atoms with van der Waals surface area (Å²) < 4.78 is 12.8. The molecule has 1 aromatic carbocycles. The molecule has 1 heterocycles. The molecule has 4 aliphatic rings. The average Bonchev–Trinajstić information content (AvgIpc) is 3.25. The molecule has 5 rings (SSSR count). The number of carbonyl (C=O) groups excluding carboxylic acids is 1. The number of aryl methyl sites for hydroxylation is 1. The summed E-state index contributed by atoms with van der Waals surface area (Å²) in [4.78, 5) is 12.8. The zero-order chi connectivity index (χ0) is 24.3. The molecule has 4 fully saturated rings. The van der Waals surface area contributed by atoms with Gasteiger partial charge in [0.2, 0.25) is 5.91 Å². The molecular formula is C28H43BN2O3. The molecule has 5 atom stereocenters. The first-order valence-electron chi connectivity index (χ1n) is 13.3. The van der Waals surface area contributed by atoms with Crippen molar-refractivity contribution in [2.45, 2.75) is 90.8 Å². The first kappa shape index (κ1) is 25.3. The number of carbonyl (C=O) groups is 1. The first-order chi connectivity index (χ1) is 16.2. The summed E-state index contributed by atoms with van der Waals surface area (Å²) in [5.74, 6) is 1.60. The van der Waals surface area contributed by atoms with Crippen molar-refractivity contribution in [2.24, 2.45) is 23.2 Å². The van der Waals surface area contributed by atoms with E-state index in [1.807, 2.05) is 6.07 Å². The summed E-state index contributed by atoms with van der Waals surface area (Å²) in [6.07, 6.45) is 7.66. The molecule has 1 aliphatic heterocycles. The number of hydrogen-bond acceptors (Lipinski definition) is 4. The van der Waals surface area contributed by atoms with E-state index in [2.05, 4.69) is 69.2 Å². The van der Waals surface area contributed by atoms with Gasteiger partial charge in [-0.3, -0.25) is 4.79 Å². The van der Waals surface area contributed by atoms with Crippen molar-refractivity contribution in [1.29, 1.82) is 0 Å². The van der Waals surface area contributed by atoms with Gasteiger partial charge in [0, 0.05) is 5.70 Å². The van der Waals surface area contributed by atoms with Gasteiger partial charge < -0.3 is 19.9 Å². The summed E-state index contributed by atoms with van der Waals surface area (Å²) in [5, 5.41) is 6.42. The molecule has 1 amide bonds. The Morgan fingerprint density at radius 2 is 1.94 bits per heavy atom. The Kier molecular flexibility index (Phi) is 8.09. The van der Waals surface area contributed by atoms with E-state index >= 15 is 0 Å².